The van der Waals surface area contributed by atoms with Gasteiger partial charge in [0.15, 0.2) is 11.5 Å². The van der Waals surface area contributed by atoms with Crippen LogP contribution in [0.3, 0.4) is 0 Å². The van der Waals surface area contributed by atoms with E-state index in [1.165, 1.54) is 21.3 Å². The molecule has 0 aliphatic carbocycles. The second kappa shape index (κ2) is 8.63. The van der Waals surface area contributed by atoms with Crippen molar-refractivity contribution in [3.8, 4) is 17.2 Å². The zero-order chi connectivity index (χ0) is 19.3. The topological polar surface area (TPSA) is 48.0 Å². The zero-order valence-corrected chi connectivity index (χ0v) is 16.3. The van der Waals surface area contributed by atoms with Gasteiger partial charge in [0, 0.05) is 25.3 Å². The highest BCUT2D eigenvalue weighted by Crippen LogP contribution is 2.39. The number of ether oxygens (including phenoxy) is 3. The number of nitrogens with zero attached hydrogens (tertiary/aromatic N) is 1. The smallest absolute Gasteiger partial charge is 0.204 e. The molecule has 0 aliphatic heterocycles. The molecule has 138 valence electrons. The number of halogens is 1. The van der Waals surface area contributed by atoms with Crippen molar-refractivity contribution in [3.05, 3.63) is 52.6 Å². The fourth-order valence-corrected chi connectivity index (χ4v) is 2.67. The number of hydrogen-bond donors (Lipinski definition) is 0. The summed E-state index contributed by atoms with van der Waals surface area (Å²) >= 11 is 6.26. The largest absolute Gasteiger partial charge is 0.493 e. The maximum Gasteiger partial charge on any atom is 0.204 e. The summed E-state index contributed by atoms with van der Waals surface area (Å²) in [4.78, 5) is 14.7. The molecule has 2 aromatic rings. The maximum absolute atomic E-state index is 12.7. The van der Waals surface area contributed by atoms with E-state index in [4.69, 9.17) is 25.8 Å². The summed E-state index contributed by atoms with van der Waals surface area (Å²) in [7, 11) is 8.42. The molecule has 0 radical (unpaired) electrons. The van der Waals surface area contributed by atoms with E-state index in [0.29, 0.717) is 22.8 Å². The summed E-state index contributed by atoms with van der Waals surface area (Å²) in [6.45, 7) is 0. The lowest BCUT2D eigenvalue weighted by Crippen LogP contribution is -2.08. The molecule has 2 aromatic carbocycles. The van der Waals surface area contributed by atoms with Crippen LogP contribution in [0.1, 0.15) is 15.9 Å². The number of ketones is 1. The van der Waals surface area contributed by atoms with Crippen molar-refractivity contribution >= 4 is 29.1 Å². The van der Waals surface area contributed by atoms with E-state index < -0.39 is 0 Å². The van der Waals surface area contributed by atoms with Crippen molar-refractivity contribution in [1.29, 1.82) is 0 Å². The van der Waals surface area contributed by atoms with Crippen LogP contribution in [0, 0.1) is 0 Å². The molecule has 0 heterocycles. The van der Waals surface area contributed by atoms with Crippen molar-refractivity contribution in [1.82, 2.24) is 0 Å². The normalized spacial score (nSPS) is 11.1. The Morgan fingerprint density at radius 3 is 1.92 bits per heavy atom. The Labute approximate surface area is 158 Å². The number of anilines is 1. The molecule has 0 aromatic heterocycles. The average molecular weight is 376 g/mol. The molecule has 0 bridgehead atoms. The molecule has 5 nitrogen and oxygen atoms in total. The number of methoxy groups -OCH3 is 3. The van der Waals surface area contributed by atoms with Crippen LogP contribution < -0.4 is 19.1 Å². The van der Waals surface area contributed by atoms with Crippen LogP contribution in [-0.4, -0.2) is 41.2 Å². The summed E-state index contributed by atoms with van der Waals surface area (Å²) in [5, 5.41) is 0.0943. The van der Waals surface area contributed by atoms with Gasteiger partial charge in [-0.1, -0.05) is 23.7 Å². The Balaban J connectivity index is 2.35. The Kier molecular flexibility index (Phi) is 6.52. The van der Waals surface area contributed by atoms with E-state index in [0.717, 1.165) is 11.3 Å². The van der Waals surface area contributed by atoms with Crippen LogP contribution in [0.2, 0.25) is 0 Å². The molecule has 0 spiro atoms. The van der Waals surface area contributed by atoms with Gasteiger partial charge in [-0.2, -0.15) is 0 Å². The van der Waals surface area contributed by atoms with Gasteiger partial charge in [0.05, 0.1) is 26.4 Å². The first-order valence-electron chi connectivity index (χ1n) is 7.90. The molecule has 26 heavy (non-hydrogen) atoms. The van der Waals surface area contributed by atoms with Crippen molar-refractivity contribution < 1.29 is 19.0 Å². The van der Waals surface area contributed by atoms with Gasteiger partial charge in [-0.05, 0) is 35.9 Å². The van der Waals surface area contributed by atoms with Gasteiger partial charge >= 0.3 is 0 Å². The highest BCUT2D eigenvalue weighted by Gasteiger charge is 2.18. The van der Waals surface area contributed by atoms with Crippen LogP contribution >= 0.6 is 11.6 Å². The van der Waals surface area contributed by atoms with E-state index in [9.17, 15) is 4.79 Å². The van der Waals surface area contributed by atoms with Crippen molar-refractivity contribution in [2.45, 2.75) is 0 Å². The summed E-state index contributed by atoms with van der Waals surface area (Å²) in [5.74, 6) is 0.888. The van der Waals surface area contributed by atoms with Gasteiger partial charge in [0.1, 0.15) is 0 Å². The number of Topliss-reactive ketones (excluding diaryl/α,β-unsaturated/α-hetero) is 1. The highest BCUT2D eigenvalue weighted by molar-refractivity contribution is 6.47. The first-order valence-corrected chi connectivity index (χ1v) is 8.28. The summed E-state index contributed by atoms with van der Waals surface area (Å²) < 4.78 is 15.8. The Hall–Kier alpha value is -2.66. The minimum Gasteiger partial charge on any atom is -0.493 e. The molecule has 6 heteroatoms. The lowest BCUT2D eigenvalue weighted by molar-refractivity contribution is 0.104. The lowest BCUT2D eigenvalue weighted by atomic mass is 10.1. The van der Waals surface area contributed by atoms with E-state index in [-0.39, 0.29) is 10.8 Å². The first-order chi connectivity index (χ1) is 12.4. The fraction of sp³-hybridized carbons (Fsp3) is 0.250. The molecular formula is C20H22ClNO4. The van der Waals surface area contributed by atoms with Crippen molar-refractivity contribution in [2.75, 3.05) is 40.3 Å². The molecule has 2 rings (SSSR count). The third-order valence-electron chi connectivity index (χ3n) is 3.85. The first kappa shape index (κ1) is 19.7. The minimum absolute atomic E-state index is 0.0943. The van der Waals surface area contributed by atoms with Crippen LogP contribution in [-0.2, 0) is 0 Å². The zero-order valence-electron chi connectivity index (χ0n) is 15.5. The predicted octanol–water partition coefficient (Wildman–Crippen LogP) is 4.24. The van der Waals surface area contributed by atoms with Crippen LogP contribution in [0.4, 0.5) is 5.69 Å². The fourth-order valence-electron chi connectivity index (χ4n) is 2.43. The maximum atomic E-state index is 12.7. The Morgan fingerprint density at radius 2 is 1.50 bits per heavy atom. The number of hydrogen-bond acceptors (Lipinski definition) is 5. The third kappa shape index (κ3) is 4.29. The van der Waals surface area contributed by atoms with Crippen molar-refractivity contribution in [3.63, 3.8) is 0 Å². The van der Waals surface area contributed by atoms with Gasteiger partial charge < -0.3 is 19.1 Å². The van der Waals surface area contributed by atoms with Gasteiger partial charge in [-0.15, -0.1) is 0 Å². The van der Waals surface area contributed by atoms with Crippen LogP contribution in [0.5, 0.6) is 17.2 Å². The molecule has 0 saturated heterocycles. The Bertz CT molecular complexity index is 788. The predicted molar refractivity (Wildman–Crippen MR) is 105 cm³/mol. The van der Waals surface area contributed by atoms with Crippen LogP contribution in [0.25, 0.3) is 6.08 Å². The van der Waals surface area contributed by atoms with Crippen LogP contribution in [0.15, 0.2) is 41.4 Å². The monoisotopic (exact) mass is 375 g/mol. The number of carbonyl (C=O) groups is 1. The van der Waals surface area contributed by atoms with E-state index in [1.807, 2.05) is 43.3 Å². The summed E-state index contributed by atoms with van der Waals surface area (Å²) in [6, 6.07) is 10.9. The van der Waals surface area contributed by atoms with E-state index in [2.05, 4.69) is 0 Å². The molecule has 0 saturated carbocycles. The average Bonchev–Trinajstić information content (AvgIpc) is 2.66. The molecule has 0 amide bonds. The second-order valence-corrected chi connectivity index (χ2v) is 6.13. The minimum atomic E-state index is -0.331. The number of rotatable bonds is 7. The Morgan fingerprint density at radius 1 is 0.962 bits per heavy atom. The van der Waals surface area contributed by atoms with Gasteiger partial charge in [-0.3, -0.25) is 4.79 Å². The molecule has 0 aliphatic rings. The molecular weight excluding hydrogens is 354 g/mol. The number of carbonyl (C=O) groups excluding carboxylic acids is 1. The van der Waals surface area contributed by atoms with E-state index >= 15 is 0 Å². The number of allylic oxidation sites excluding steroid dienone is 1. The SMILES string of the molecule is COc1cc(C(=O)/C(Cl)=C/c2ccc(N(C)C)cc2)cc(OC)c1OC. The van der Waals surface area contributed by atoms with Gasteiger partial charge in [0.25, 0.3) is 0 Å². The second-order valence-electron chi connectivity index (χ2n) is 5.72. The molecule has 0 N–H and O–H groups in total. The van der Waals surface area contributed by atoms with E-state index in [1.54, 1.807) is 18.2 Å². The highest BCUT2D eigenvalue weighted by atomic mass is 35.5. The molecule has 0 fully saturated rings. The summed E-state index contributed by atoms with van der Waals surface area (Å²) in [5.41, 5.74) is 2.25. The third-order valence-corrected chi connectivity index (χ3v) is 4.13. The summed E-state index contributed by atoms with van der Waals surface area (Å²) in [6.07, 6.45) is 1.63. The molecule has 0 unspecified atom stereocenters. The quantitative estimate of drug-likeness (QED) is 0.535. The number of benzene rings is 2. The van der Waals surface area contributed by atoms with Gasteiger partial charge in [-0.25, -0.2) is 0 Å². The molecule has 0 atom stereocenters. The van der Waals surface area contributed by atoms with Crippen molar-refractivity contribution in [2.24, 2.45) is 0 Å². The van der Waals surface area contributed by atoms with Gasteiger partial charge in [0.2, 0.25) is 11.5 Å². The standard InChI is InChI=1S/C20H22ClNO4/c1-22(2)15-8-6-13(7-9-15)10-16(21)19(23)14-11-17(24-3)20(26-5)18(12-14)25-4/h6-12H,1-5H3/b16-10-. The lowest BCUT2D eigenvalue weighted by Gasteiger charge is -2.13.